The lowest BCUT2D eigenvalue weighted by atomic mass is 10.1. The molecule has 0 N–H and O–H groups in total. The van der Waals surface area contributed by atoms with Crippen molar-refractivity contribution in [3.8, 4) is 5.75 Å². The van der Waals surface area contributed by atoms with Crippen molar-refractivity contribution in [2.24, 2.45) is 0 Å². The van der Waals surface area contributed by atoms with Crippen molar-refractivity contribution in [3.05, 3.63) is 29.8 Å². The van der Waals surface area contributed by atoms with Crippen molar-refractivity contribution in [2.75, 3.05) is 20.6 Å². The monoisotopic (exact) mass is 233 g/mol. The molecule has 1 aromatic rings. The van der Waals surface area contributed by atoms with Crippen LogP contribution in [0.3, 0.4) is 0 Å². The molecule has 0 aliphatic heterocycles. The van der Waals surface area contributed by atoms with Gasteiger partial charge in [-0.3, -0.25) is 0 Å². The zero-order valence-electron chi connectivity index (χ0n) is 9.21. The first-order valence-corrected chi connectivity index (χ1v) is 4.86. The molecule has 2 nitrogen and oxygen atoms in total. The van der Waals surface area contributed by atoms with Crippen LogP contribution in [0.4, 0.5) is 13.2 Å². The van der Waals surface area contributed by atoms with Crippen molar-refractivity contribution in [1.82, 2.24) is 4.90 Å². The van der Waals surface area contributed by atoms with Gasteiger partial charge in [0.25, 0.3) is 0 Å². The molecule has 90 valence electrons. The van der Waals surface area contributed by atoms with Gasteiger partial charge in [0.15, 0.2) is 0 Å². The van der Waals surface area contributed by atoms with Gasteiger partial charge in [-0.1, -0.05) is 12.1 Å². The Hall–Kier alpha value is -1.23. The van der Waals surface area contributed by atoms with Crippen molar-refractivity contribution < 1.29 is 17.9 Å². The molecule has 0 radical (unpaired) electrons. The Bertz CT molecular complexity index is 319. The summed E-state index contributed by atoms with van der Waals surface area (Å²) in [5.74, 6) is -0.180. The fourth-order valence-corrected chi connectivity index (χ4v) is 1.21. The summed E-state index contributed by atoms with van der Waals surface area (Å²) in [5.41, 5.74) is 0.989. The van der Waals surface area contributed by atoms with Crippen LogP contribution in [-0.4, -0.2) is 31.9 Å². The third-order valence-corrected chi connectivity index (χ3v) is 2.00. The highest BCUT2D eigenvalue weighted by molar-refractivity contribution is 5.27. The standard InChI is InChI=1S/C11H14F3NO/c1-15(2)8-7-9-3-5-10(6-4-9)16-11(12,13)14/h3-6H,7-8H2,1-2H3. The normalized spacial score (nSPS) is 11.9. The van der Waals surface area contributed by atoms with Gasteiger partial charge in [0.1, 0.15) is 5.75 Å². The Morgan fingerprint density at radius 2 is 1.69 bits per heavy atom. The van der Waals surface area contributed by atoms with E-state index in [2.05, 4.69) is 4.74 Å². The summed E-state index contributed by atoms with van der Waals surface area (Å²) in [4.78, 5) is 2.01. The predicted molar refractivity (Wildman–Crippen MR) is 55.4 cm³/mol. The smallest absolute Gasteiger partial charge is 0.406 e. The van der Waals surface area contributed by atoms with E-state index in [1.165, 1.54) is 12.1 Å². The van der Waals surface area contributed by atoms with Crippen LogP contribution in [0.15, 0.2) is 24.3 Å². The minimum atomic E-state index is -4.62. The van der Waals surface area contributed by atoms with E-state index in [9.17, 15) is 13.2 Å². The SMILES string of the molecule is CN(C)CCc1ccc(OC(F)(F)F)cc1. The van der Waals surface area contributed by atoms with Crippen LogP contribution >= 0.6 is 0 Å². The topological polar surface area (TPSA) is 12.5 Å². The minimum Gasteiger partial charge on any atom is -0.406 e. The molecule has 0 amide bonds. The average Bonchev–Trinajstić information content (AvgIpc) is 2.14. The highest BCUT2D eigenvalue weighted by atomic mass is 19.4. The summed E-state index contributed by atoms with van der Waals surface area (Å²) >= 11 is 0. The van der Waals surface area contributed by atoms with Gasteiger partial charge in [-0.25, -0.2) is 0 Å². The van der Waals surface area contributed by atoms with Crippen molar-refractivity contribution in [3.63, 3.8) is 0 Å². The lowest BCUT2D eigenvalue weighted by Gasteiger charge is -2.11. The average molecular weight is 233 g/mol. The molecule has 0 fully saturated rings. The maximum atomic E-state index is 11.9. The van der Waals surface area contributed by atoms with Crippen LogP contribution in [-0.2, 0) is 6.42 Å². The first-order valence-electron chi connectivity index (χ1n) is 4.86. The third kappa shape index (κ3) is 5.02. The van der Waals surface area contributed by atoms with E-state index in [1.807, 2.05) is 19.0 Å². The number of hydrogen-bond acceptors (Lipinski definition) is 2. The van der Waals surface area contributed by atoms with Gasteiger partial charge in [0.2, 0.25) is 0 Å². The summed E-state index contributed by atoms with van der Waals surface area (Å²) in [6.45, 7) is 0.861. The molecule has 0 heterocycles. The van der Waals surface area contributed by atoms with Crippen molar-refractivity contribution in [2.45, 2.75) is 12.8 Å². The van der Waals surface area contributed by atoms with Crippen molar-refractivity contribution >= 4 is 0 Å². The van der Waals surface area contributed by atoms with Crippen molar-refractivity contribution in [1.29, 1.82) is 0 Å². The molecule has 0 aromatic heterocycles. The fourth-order valence-electron chi connectivity index (χ4n) is 1.21. The van der Waals surface area contributed by atoms with E-state index in [-0.39, 0.29) is 5.75 Å². The van der Waals surface area contributed by atoms with E-state index in [1.54, 1.807) is 12.1 Å². The number of rotatable bonds is 4. The molecule has 0 bridgehead atoms. The molecule has 0 aliphatic rings. The fraction of sp³-hybridized carbons (Fsp3) is 0.455. The number of benzene rings is 1. The van der Waals surface area contributed by atoms with Crippen LogP contribution in [0.2, 0.25) is 0 Å². The molecule has 0 aliphatic carbocycles. The molecule has 0 saturated carbocycles. The van der Waals surface area contributed by atoms with E-state index < -0.39 is 6.36 Å². The van der Waals surface area contributed by atoms with Gasteiger partial charge >= 0.3 is 6.36 Å². The number of alkyl halides is 3. The van der Waals surface area contributed by atoms with Crippen LogP contribution < -0.4 is 4.74 Å². The van der Waals surface area contributed by atoms with Gasteiger partial charge in [-0.05, 0) is 38.2 Å². The van der Waals surface area contributed by atoms with Gasteiger partial charge in [-0.2, -0.15) is 0 Å². The van der Waals surface area contributed by atoms with Crippen LogP contribution in [0.1, 0.15) is 5.56 Å². The zero-order valence-corrected chi connectivity index (χ0v) is 9.21. The zero-order chi connectivity index (χ0) is 12.2. The molecule has 0 spiro atoms. The van der Waals surface area contributed by atoms with E-state index in [0.29, 0.717) is 0 Å². The number of likely N-dealkylation sites (N-methyl/N-ethyl adjacent to an activating group) is 1. The summed E-state index contributed by atoms with van der Waals surface area (Å²) in [6, 6.07) is 5.95. The Morgan fingerprint density at radius 1 is 1.12 bits per heavy atom. The van der Waals surface area contributed by atoms with Crippen LogP contribution in [0.25, 0.3) is 0 Å². The summed E-state index contributed by atoms with van der Waals surface area (Å²) in [5, 5.41) is 0. The Morgan fingerprint density at radius 3 is 2.12 bits per heavy atom. The molecule has 0 atom stereocenters. The lowest BCUT2D eigenvalue weighted by Crippen LogP contribution is -2.17. The van der Waals surface area contributed by atoms with Crippen LogP contribution in [0, 0.1) is 0 Å². The van der Waals surface area contributed by atoms with Gasteiger partial charge in [-0.15, -0.1) is 13.2 Å². The maximum absolute atomic E-state index is 11.9. The molecule has 5 heteroatoms. The quantitative estimate of drug-likeness (QED) is 0.792. The minimum absolute atomic E-state index is 0.180. The predicted octanol–water partition coefficient (Wildman–Crippen LogP) is 2.69. The molecular formula is C11H14F3NO. The van der Waals surface area contributed by atoms with Crippen LogP contribution in [0.5, 0.6) is 5.75 Å². The van der Waals surface area contributed by atoms with Gasteiger partial charge in [0, 0.05) is 6.54 Å². The molecule has 0 unspecified atom stereocenters. The Kier molecular flexibility index (Phi) is 4.18. The second kappa shape index (κ2) is 5.21. The highest BCUT2D eigenvalue weighted by Gasteiger charge is 2.30. The summed E-state index contributed by atoms with van der Waals surface area (Å²) < 4.78 is 39.4. The van der Waals surface area contributed by atoms with Gasteiger partial charge < -0.3 is 9.64 Å². The maximum Gasteiger partial charge on any atom is 0.573 e. The molecule has 0 saturated heterocycles. The first-order chi connectivity index (χ1) is 7.37. The summed E-state index contributed by atoms with van der Waals surface area (Å²) in [7, 11) is 3.89. The second-order valence-electron chi connectivity index (χ2n) is 3.75. The first kappa shape index (κ1) is 12.8. The van der Waals surface area contributed by atoms with Gasteiger partial charge in [0.05, 0.1) is 0 Å². The number of ether oxygens (including phenoxy) is 1. The van der Waals surface area contributed by atoms with E-state index in [0.717, 1.165) is 18.5 Å². The summed E-state index contributed by atoms with van der Waals surface area (Å²) in [6.07, 6.45) is -3.82. The lowest BCUT2D eigenvalue weighted by molar-refractivity contribution is -0.274. The second-order valence-corrected chi connectivity index (χ2v) is 3.75. The van der Waals surface area contributed by atoms with E-state index >= 15 is 0 Å². The Balaban J connectivity index is 2.54. The van der Waals surface area contributed by atoms with E-state index in [4.69, 9.17) is 0 Å². The number of nitrogens with zero attached hydrogens (tertiary/aromatic N) is 1. The molecular weight excluding hydrogens is 219 g/mol. The number of halogens is 3. The Labute approximate surface area is 92.6 Å². The molecule has 1 rings (SSSR count). The third-order valence-electron chi connectivity index (χ3n) is 2.00. The number of hydrogen-bond donors (Lipinski definition) is 0. The molecule has 16 heavy (non-hydrogen) atoms. The highest BCUT2D eigenvalue weighted by Crippen LogP contribution is 2.22. The molecule has 1 aromatic carbocycles. The largest absolute Gasteiger partial charge is 0.573 e.